The number of aromatic amines is 1. The van der Waals surface area contributed by atoms with Crippen molar-refractivity contribution in [1.82, 2.24) is 9.97 Å². The van der Waals surface area contributed by atoms with Crippen LogP contribution < -0.4 is 14.2 Å². The van der Waals surface area contributed by atoms with Gasteiger partial charge in [-0.1, -0.05) is 0 Å². The summed E-state index contributed by atoms with van der Waals surface area (Å²) in [4.78, 5) is 5.08. The number of ether oxygens (including phenoxy) is 3. The number of hydrogen-bond donors (Lipinski definition) is 2. The van der Waals surface area contributed by atoms with E-state index in [2.05, 4.69) is 19.4 Å². The van der Waals surface area contributed by atoms with E-state index >= 15 is 0 Å². The van der Waals surface area contributed by atoms with Crippen molar-refractivity contribution in [2.45, 2.75) is 49.2 Å². The SMILES string of the molecule is COc1nc(OC(F)F)c(F)cc1NS(=O)(=O)c1c[nH]c2c1CC[C@](OC(F)F)(C(F)(F)F)C2. The van der Waals surface area contributed by atoms with Crippen molar-refractivity contribution in [3.05, 3.63) is 29.3 Å². The topological polar surface area (TPSA) is 103 Å². The standard InChI is InChI=1S/C17H15F8N3O5S/c1-31-13-9(4-8(18)12(27-13)32-14(19)20)28-34(29,30)11-6-26-10-5-16(17(23,24)25,33-15(21)22)3-2-7(10)11/h4,6,14-15,26,28H,2-3,5H2,1H3/t16-/m1/s1. The maximum absolute atomic E-state index is 14.0. The maximum Gasteiger partial charge on any atom is 0.418 e. The molecule has 190 valence electrons. The molecule has 0 saturated heterocycles. The summed E-state index contributed by atoms with van der Waals surface area (Å²) < 4.78 is 145. The Bertz CT molecular complexity index is 1150. The molecule has 0 bridgehead atoms. The third-order valence-corrected chi connectivity index (χ3v) is 6.38. The van der Waals surface area contributed by atoms with Crippen LogP contribution in [0.15, 0.2) is 17.2 Å². The van der Waals surface area contributed by atoms with Crippen LogP contribution in [-0.4, -0.2) is 50.5 Å². The van der Waals surface area contributed by atoms with Crippen LogP contribution in [0.25, 0.3) is 0 Å². The number of hydrogen-bond acceptors (Lipinski definition) is 6. The van der Waals surface area contributed by atoms with Crippen LogP contribution in [0.2, 0.25) is 0 Å². The molecule has 2 heterocycles. The molecule has 0 saturated carbocycles. The second kappa shape index (κ2) is 9.09. The minimum absolute atomic E-state index is 0.129. The van der Waals surface area contributed by atoms with Crippen molar-refractivity contribution < 1.29 is 57.8 Å². The lowest BCUT2D eigenvalue weighted by Crippen LogP contribution is -2.52. The highest BCUT2D eigenvalue weighted by Crippen LogP contribution is 2.45. The van der Waals surface area contributed by atoms with E-state index in [0.29, 0.717) is 6.07 Å². The Morgan fingerprint density at radius 1 is 1.18 bits per heavy atom. The minimum Gasteiger partial charge on any atom is -0.479 e. The number of pyridine rings is 1. The normalized spacial score (nSPS) is 18.8. The number of H-pyrrole nitrogens is 1. The molecule has 1 aliphatic carbocycles. The second-order valence-corrected chi connectivity index (χ2v) is 8.62. The fraction of sp³-hybridized carbons (Fsp3) is 0.471. The lowest BCUT2D eigenvalue weighted by Gasteiger charge is -2.38. The number of alkyl halides is 7. The first kappa shape index (κ1) is 25.8. The molecule has 0 amide bonds. The van der Waals surface area contributed by atoms with Crippen molar-refractivity contribution in [2.75, 3.05) is 11.8 Å². The maximum atomic E-state index is 14.0. The van der Waals surface area contributed by atoms with Gasteiger partial charge >= 0.3 is 19.4 Å². The van der Waals surface area contributed by atoms with Crippen LogP contribution in [0.4, 0.5) is 40.8 Å². The number of sulfonamides is 1. The molecular weight excluding hydrogens is 510 g/mol. The third kappa shape index (κ3) is 4.98. The molecule has 2 N–H and O–H groups in total. The number of fused-ring (bicyclic) bond motifs is 1. The molecule has 0 aliphatic heterocycles. The Balaban J connectivity index is 1.94. The van der Waals surface area contributed by atoms with Crippen molar-refractivity contribution in [3.8, 4) is 11.8 Å². The van der Waals surface area contributed by atoms with Gasteiger partial charge in [0.2, 0.25) is 5.88 Å². The van der Waals surface area contributed by atoms with E-state index in [1.165, 1.54) is 0 Å². The molecular formula is C17H15F8N3O5S. The van der Waals surface area contributed by atoms with Gasteiger partial charge in [-0.15, -0.1) is 0 Å². The van der Waals surface area contributed by atoms with Gasteiger partial charge in [0.1, 0.15) is 10.6 Å². The average Bonchev–Trinajstić information content (AvgIpc) is 3.12. The van der Waals surface area contributed by atoms with Crippen LogP contribution in [0, 0.1) is 5.82 Å². The monoisotopic (exact) mass is 525 g/mol. The van der Waals surface area contributed by atoms with Crippen LogP contribution >= 0.6 is 0 Å². The molecule has 1 aliphatic rings. The summed E-state index contributed by atoms with van der Waals surface area (Å²) in [5.74, 6) is -3.28. The van der Waals surface area contributed by atoms with Gasteiger partial charge in [-0.25, -0.2) is 12.8 Å². The Morgan fingerprint density at radius 3 is 2.41 bits per heavy atom. The van der Waals surface area contributed by atoms with Crippen LogP contribution in [-0.2, 0) is 27.6 Å². The summed E-state index contributed by atoms with van der Waals surface area (Å²) in [5.41, 5.74) is -4.29. The Labute approximate surface area is 186 Å². The van der Waals surface area contributed by atoms with E-state index in [4.69, 9.17) is 4.74 Å². The summed E-state index contributed by atoms with van der Waals surface area (Å²) in [7, 11) is -3.65. The number of anilines is 1. The van der Waals surface area contributed by atoms with Crippen LogP contribution in [0.5, 0.6) is 11.8 Å². The van der Waals surface area contributed by atoms with Crippen molar-refractivity contribution >= 4 is 15.7 Å². The highest BCUT2D eigenvalue weighted by molar-refractivity contribution is 7.92. The lowest BCUT2D eigenvalue weighted by molar-refractivity contribution is -0.330. The molecule has 2 aromatic rings. The van der Waals surface area contributed by atoms with Gasteiger partial charge < -0.3 is 19.2 Å². The Hall–Kier alpha value is -2.82. The predicted octanol–water partition coefficient (Wildman–Crippen LogP) is 3.99. The predicted molar refractivity (Wildman–Crippen MR) is 96.9 cm³/mol. The first-order valence-corrected chi connectivity index (χ1v) is 10.6. The van der Waals surface area contributed by atoms with Gasteiger partial charge in [-0.05, 0) is 18.4 Å². The number of methoxy groups -OCH3 is 1. The molecule has 0 unspecified atom stereocenters. The van der Waals surface area contributed by atoms with Gasteiger partial charge in [0, 0.05) is 24.4 Å². The first-order chi connectivity index (χ1) is 15.7. The van der Waals surface area contributed by atoms with Crippen molar-refractivity contribution in [3.63, 3.8) is 0 Å². The zero-order valence-corrected chi connectivity index (χ0v) is 17.7. The van der Waals surface area contributed by atoms with E-state index in [9.17, 15) is 43.5 Å². The van der Waals surface area contributed by atoms with E-state index in [0.717, 1.165) is 13.3 Å². The second-order valence-electron chi connectivity index (χ2n) is 6.97. The fourth-order valence-electron chi connectivity index (χ4n) is 3.48. The first-order valence-electron chi connectivity index (χ1n) is 9.13. The quantitative estimate of drug-likeness (QED) is 0.506. The van der Waals surface area contributed by atoms with E-state index in [-0.39, 0.29) is 11.3 Å². The lowest BCUT2D eigenvalue weighted by atomic mass is 9.83. The molecule has 2 aromatic heterocycles. The fourth-order valence-corrected chi connectivity index (χ4v) is 4.79. The van der Waals surface area contributed by atoms with E-state index in [1.807, 2.05) is 4.72 Å². The largest absolute Gasteiger partial charge is 0.479 e. The molecule has 3 rings (SSSR count). The van der Waals surface area contributed by atoms with Gasteiger partial charge in [-0.2, -0.15) is 35.7 Å². The summed E-state index contributed by atoms with van der Waals surface area (Å²) in [6.07, 6.45) is -7.06. The molecule has 34 heavy (non-hydrogen) atoms. The number of rotatable bonds is 8. The Kier molecular flexibility index (Phi) is 6.89. The van der Waals surface area contributed by atoms with Crippen molar-refractivity contribution in [2.24, 2.45) is 0 Å². The zero-order chi connectivity index (χ0) is 25.5. The minimum atomic E-state index is -5.18. The van der Waals surface area contributed by atoms with Crippen molar-refractivity contribution in [1.29, 1.82) is 0 Å². The number of aromatic nitrogens is 2. The Morgan fingerprint density at radius 2 is 1.85 bits per heavy atom. The van der Waals surface area contributed by atoms with Gasteiger partial charge in [-0.3, -0.25) is 4.72 Å². The van der Waals surface area contributed by atoms with Gasteiger partial charge in [0.05, 0.1) is 7.11 Å². The average molecular weight is 525 g/mol. The summed E-state index contributed by atoms with van der Waals surface area (Å²) >= 11 is 0. The molecule has 17 heteroatoms. The highest BCUT2D eigenvalue weighted by Gasteiger charge is 2.59. The van der Waals surface area contributed by atoms with Gasteiger partial charge in [0.15, 0.2) is 11.4 Å². The van der Waals surface area contributed by atoms with E-state index < -0.39 is 82.4 Å². The van der Waals surface area contributed by atoms with Crippen LogP contribution in [0.3, 0.4) is 0 Å². The highest BCUT2D eigenvalue weighted by atomic mass is 32.2. The van der Waals surface area contributed by atoms with Gasteiger partial charge in [0.25, 0.3) is 15.9 Å². The molecule has 8 nitrogen and oxygen atoms in total. The van der Waals surface area contributed by atoms with E-state index in [1.54, 1.807) is 0 Å². The molecule has 0 radical (unpaired) electrons. The third-order valence-electron chi connectivity index (χ3n) is 4.95. The molecule has 0 spiro atoms. The summed E-state index contributed by atoms with van der Waals surface area (Å²) in [5, 5.41) is 0. The number of halogens is 8. The summed E-state index contributed by atoms with van der Waals surface area (Å²) in [6.45, 7) is -7.16. The smallest absolute Gasteiger partial charge is 0.418 e. The molecule has 1 atom stereocenters. The zero-order valence-electron chi connectivity index (χ0n) is 16.9. The van der Waals surface area contributed by atoms with Crippen LogP contribution in [0.1, 0.15) is 17.7 Å². The summed E-state index contributed by atoms with van der Waals surface area (Å²) in [6, 6.07) is 0.450. The molecule has 0 aromatic carbocycles. The molecule has 0 fully saturated rings. The number of nitrogens with one attached hydrogen (secondary N) is 2. The number of nitrogens with zero attached hydrogens (tertiary/aromatic N) is 1.